The molecule has 1 N–H and O–H groups in total. The molecule has 1 nitrogen and oxygen atoms in total. The van der Waals surface area contributed by atoms with Crippen LogP contribution in [0.2, 0.25) is 0 Å². The average molecular weight is 197 g/mol. The first-order chi connectivity index (χ1) is 6.59. The smallest absolute Gasteiger partial charge is 0.00156 e. The molecular formula is C13H27N. The zero-order valence-electron chi connectivity index (χ0n) is 10.3. The number of unbranched alkanes of at least 4 members (excludes halogenated alkanes) is 1. The topological polar surface area (TPSA) is 12.0 Å². The van der Waals surface area contributed by atoms with Gasteiger partial charge in [-0.05, 0) is 43.7 Å². The quantitative estimate of drug-likeness (QED) is 0.464. The van der Waals surface area contributed by atoms with Crippen LogP contribution in [0.1, 0.15) is 40.5 Å². The summed E-state index contributed by atoms with van der Waals surface area (Å²) in [6, 6.07) is 0. The van der Waals surface area contributed by atoms with Crippen molar-refractivity contribution in [2.45, 2.75) is 40.5 Å². The van der Waals surface area contributed by atoms with Crippen LogP contribution >= 0.6 is 0 Å². The third-order valence-corrected chi connectivity index (χ3v) is 2.85. The van der Waals surface area contributed by atoms with E-state index < -0.39 is 0 Å². The van der Waals surface area contributed by atoms with Gasteiger partial charge >= 0.3 is 0 Å². The Labute approximate surface area is 90.0 Å². The second-order valence-corrected chi connectivity index (χ2v) is 4.79. The van der Waals surface area contributed by atoms with Crippen LogP contribution in [0.4, 0.5) is 0 Å². The third kappa shape index (κ3) is 6.20. The first-order valence-electron chi connectivity index (χ1n) is 5.91. The monoisotopic (exact) mass is 197 g/mol. The van der Waals surface area contributed by atoms with Crippen molar-refractivity contribution in [3.63, 3.8) is 0 Å². The van der Waals surface area contributed by atoms with Crippen LogP contribution in [0.15, 0.2) is 12.7 Å². The summed E-state index contributed by atoms with van der Waals surface area (Å²) < 4.78 is 0. The summed E-state index contributed by atoms with van der Waals surface area (Å²) in [7, 11) is 0. The molecule has 0 aliphatic carbocycles. The average Bonchev–Trinajstić information content (AvgIpc) is 2.09. The highest BCUT2D eigenvalue weighted by atomic mass is 14.9. The van der Waals surface area contributed by atoms with Gasteiger partial charge in [-0.3, -0.25) is 0 Å². The third-order valence-electron chi connectivity index (χ3n) is 2.85. The molecule has 0 amide bonds. The fourth-order valence-electron chi connectivity index (χ4n) is 1.88. The molecule has 84 valence electrons. The molecule has 0 aromatic rings. The van der Waals surface area contributed by atoms with Gasteiger partial charge in [-0.1, -0.05) is 33.8 Å². The molecule has 0 fully saturated rings. The van der Waals surface area contributed by atoms with Gasteiger partial charge in [0.15, 0.2) is 0 Å². The molecule has 0 aromatic carbocycles. The van der Waals surface area contributed by atoms with Crippen LogP contribution in [0.25, 0.3) is 0 Å². The molecule has 0 rings (SSSR count). The molecule has 0 saturated carbocycles. The van der Waals surface area contributed by atoms with E-state index in [1.54, 1.807) is 0 Å². The number of rotatable bonds is 8. The van der Waals surface area contributed by atoms with E-state index in [0.29, 0.717) is 0 Å². The van der Waals surface area contributed by atoms with Gasteiger partial charge in [-0.15, -0.1) is 6.58 Å². The van der Waals surface area contributed by atoms with E-state index in [0.717, 1.165) is 37.3 Å². The van der Waals surface area contributed by atoms with E-state index in [4.69, 9.17) is 0 Å². The maximum absolute atomic E-state index is 3.72. The van der Waals surface area contributed by atoms with Crippen LogP contribution in [0.5, 0.6) is 0 Å². The molecule has 0 radical (unpaired) electrons. The summed E-state index contributed by atoms with van der Waals surface area (Å²) in [6.07, 6.45) is 4.33. The normalized spacial score (nSPS) is 11.6. The van der Waals surface area contributed by atoms with Gasteiger partial charge in [0.2, 0.25) is 0 Å². The molecule has 0 aliphatic rings. The van der Waals surface area contributed by atoms with Gasteiger partial charge < -0.3 is 5.32 Å². The van der Waals surface area contributed by atoms with Gasteiger partial charge in [-0.25, -0.2) is 0 Å². The Morgan fingerprint density at radius 2 is 1.71 bits per heavy atom. The number of allylic oxidation sites excluding steroid dienone is 1. The molecule has 0 unspecified atom stereocenters. The van der Waals surface area contributed by atoms with Crippen molar-refractivity contribution < 1.29 is 0 Å². The highest BCUT2D eigenvalue weighted by molar-refractivity contribution is 4.70. The highest BCUT2D eigenvalue weighted by Gasteiger charge is 2.16. The Morgan fingerprint density at radius 1 is 1.14 bits per heavy atom. The van der Waals surface area contributed by atoms with E-state index in [9.17, 15) is 0 Å². The van der Waals surface area contributed by atoms with Crippen LogP contribution in [-0.4, -0.2) is 13.1 Å². The Balaban J connectivity index is 3.56. The summed E-state index contributed by atoms with van der Waals surface area (Å²) in [5.41, 5.74) is 0. The maximum Gasteiger partial charge on any atom is -0.00156 e. The molecule has 0 atom stereocenters. The highest BCUT2D eigenvalue weighted by Crippen LogP contribution is 2.19. The number of hydrogen-bond acceptors (Lipinski definition) is 1. The van der Waals surface area contributed by atoms with Gasteiger partial charge in [0.05, 0.1) is 0 Å². The van der Waals surface area contributed by atoms with Crippen LogP contribution in [0.3, 0.4) is 0 Å². The lowest BCUT2D eigenvalue weighted by Crippen LogP contribution is -2.30. The predicted octanol–water partition coefficient (Wildman–Crippen LogP) is 3.47. The molecule has 14 heavy (non-hydrogen) atoms. The molecular weight excluding hydrogens is 170 g/mol. The summed E-state index contributed by atoms with van der Waals surface area (Å²) in [6.45, 7) is 15.3. The van der Waals surface area contributed by atoms with Crippen molar-refractivity contribution in [3.05, 3.63) is 12.7 Å². The van der Waals surface area contributed by atoms with Crippen molar-refractivity contribution in [2.24, 2.45) is 17.8 Å². The molecule has 0 spiro atoms. The first-order valence-corrected chi connectivity index (χ1v) is 5.91. The van der Waals surface area contributed by atoms with Crippen molar-refractivity contribution in [3.8, 4) is 0 Å². The van der Waals surface area contributed by atoms with Crippen molar-refractivity contribution >= 4 is 0 Å². The Kier molecular flexibility index (Phi) is 7.87. The van der Waals surface area contributed by atoms with Crippen LogP contribution < -0.4 is 5.32 Å². The Hall–Kier alpha value is -0.300. The van der Waals surface area contributed by atoms with Crippen molar-refractivity contribution in [1.29, 1.82) is 0 Å². The zero-order chi connectivity index (χ0) is 11.0. The number of hydrogen-bond donors (Lipinski definition) is 1. The molecule has 0 aliphatic heterocycles. The minimum atomic E-state index is 0.780. The molecule has 0 heterocycles. The SMILES string of the molecule is C=CCCCNCC(C(C)C)C(C)C. The van der Waals surface area contributed by atoms with E-state index in [-0.39, 0.29) is 0 Å². The van der Waals surface area contributed by atoms with Gasteiger partial charge in [0.25, 0.3) is 0 Å². The zero-order valence-corrected chi connectivity index (χ0v) is 10.3. The van der Waals surface area contributed by atoms with E-state index in [2.05, 4.69) is 39.6 Å². The van der Waals surface area contributed by atoms with Crippen LogP contribution in [-0.2, 0) is 0 Å². The standard InChI is InChI=1S/C13H27N/c1-6-7-8-9-14-10-13(11(2)3)12(4)5/h6,11-14H,1,7-10H2,2-5H3. The van der Waals surface area contributed by atoms with Crippen LogP contribution in [0, 0.1) is 17.8 Å². The minimum Gasteiger partial charge on any atom is -0.316 e. The fourth-order valence-corrected chi connectivity index (χ4v) is 1.88. The second-order valence-electron chi connectivity index (χ2n) is 4.79. The molecule has 1 heteroatoms. The molecule has 0 bridgehead atoms. The van der Waals surface area contributed by atoms with Crippen molar-refractivity contribution in [1.82, 2.24) is 5.32 Å². The fraction of sp³-hybridized carbons (Fsp3) is 0.846. The lowest BCUT2D eigenvalue weighted by Gasteiger charge is -2.25. The second kappa shape index (κ2) is 8.05. The maximum atomic E-state index is 3.72. The summed E-state index contributed by atoms with van der Waals surface area (Å²) >= 11 is 0. The minimum absolute atomic E-state index is 0.780. The lowest BCUT2D eigenvalue weighted by atomic mass is 9.85. The van der Waals surface area contributed by atoms with Gasteiger partial charge in [0, 0.05) is 0 Å². The number of nitrogens with one attached hydrogen (secondary N) is 1. The Morgan fingerprint density at radius 3 is 2.14 bits per heavy atom. The molecule has 0 aromatic heterocycles. The Bertz CT molecular complexity index is 130. The summed E-state index contributed by atoms with van der Waals surface area (Å²) in [4.78, 5) is 0. The largest absolute Gasteiger partial charge is 0.316 e. The van der Waals surface area contributed by atoms with E-state index >= 15 is 0 Å². The predicted molar refractivity (Wildman–Crippen MR) is 65.5 cm³/mol. The summed E-state index contributed by atoms with van der Waals surface area (Å²) in [5, 5.41) is 3.54. The van der Waals surface area contributed by atoms with E-state index in [1.807, 2.05) is 6.08 Å². The first kappa shape index (κ1) is 13.7. The van der Waals surface area contributed by atoms with E-state index in [1.165, 1.54) is 6.42 Å². The van der Waals surface area contributed by atoms with Crippen molar-refractivity contribution in [2.75, 3.05) is 13.1 Å². The lowest BCUT2D eigenvalue weighted by molar-refractivity contribution is 0.276. The molecule has 0 saturated heterocycles. The van der Waals surface area contributed by atoms with Gasteiger partial charge in [0.1, 0.15) is 0 Å². The summed E-state index contributed by atoms with van der Waals surface area (Å²) in [5.74, 6) is 2.36. The van der Waals surface area contributed by atoms with Gasteiger partial charge in [-0.2, -0.15) is 0 Å².